The van der Waals surface area contributed by atoms with Crippen molar-refractivity contribution in [2.24, 2.45) is 0 Å². The van der Waals surface area contributed by atoms with Crippen LogP contribution < -0.4 is 10.2 Å². The van der Waals surface area contributed by atoms with Gasteiger partial charge in [-0.05, 0) is 78.9 Å². The van der Waals surface area contributed by atoms with Crippen LogP contribution in [0.25, 0.3) is 27.7 Å². The van der Waals surface area contributed by atoms with Crippen molar-refractivity contribution in [3.8, 4) is 22.6 Å². The van der Waals surface area contributed by atoms with E-state index < -0.39 is 22.8 Å². The van der Waals surface area contributed by atoms with Crippen molar-refractivity contribution >= 4 is 22.4 Å². The van der Waals surface area contributed by atoms with Gasteiger partial charge in [0.1, 0.15) is 11.3 Å². The highest BCUT2D eigenvalue weighted by Gasteiger charge is 2.20. The van der Waals surface area contributed by atoms with Crippen LogP contribution in [-0.4, -0.2) is 20.7 Å². The predicted octanol–water partition coefficient (Wildman–Crippen LogP) is 7.13. The van der Waals surface area contributed by atoms with Crippen molar-refractivity contribution in [1.82, 2.24) is 15.0 Å². The largest absolute Gasteiger partial charge is 0.452 e. The van der Waals surface area contributed by atoms with Gasteiger partial charge in [-0.25, -0.2) is 8.78 Å². The maximum absolute atomic E-state index is 15.1. The molecule has 0 unspecified atom stereocenters. The van der Waals surface area contributed by atoms with Gasteiger partial charge in [0.25, 0.3) is 0 Å². The second-order valence-corrected chi connectivity index (χ2v) is 9.64. The van der Waals surface area contributed by atoms with Crippen LogP contribution in [0.15, 0.2) is 78.5 Å². The first-order valence-electron chi connectivity index (χ1n) is 12.5. The lowest BCUT2D eigenvalue weighted by Crippen LogP contribution is -2.21. The van der Waals surface area contributed by atoms with E-state index >= 15 is 4.39 Å². The Morgan fingerprint density at radius 1 is 1.00 bits per heavy atom. The number of allylic oxidation sites excluding steroid dienone is 1. The Balaban J connectivity index is 1.40. The summed E-state index contributed by atoms with van der Waals surface area (Å²) in [6.45, 7) is 9.09. The average molecular weight is 538 g/mol. The SMILES string of the molecule is C=C(C)c1cnc2c(Oc3ccc(CC(=O)c4c(C)[nH]cc(-c5ccc(F)cc5C)c4=O)cc3F)ccnc2c1. The summed E-state index contributed by atoms with van der Waals surface area (Å²) in [5, 5.41) is 0. The Morgan fingerprint density at radius 2 is 1.80 bits per heavy atom. The summed E-state index contributed by atoms with van der Waals surface area (Å²) >= 11 is 0. The molecule has 0 aliphatic heterocycles. The molecule has 0 fully saturated rings. The first-order chi connectivity index (χ1) is 19.1. The number of hydrogen-bond acceptors (Lipinski definition) is 5. The molecule has 3 heterocycles. The Morgan fingerprint density at radius 3 is 2.52 bits per heavy atom. The lowest BCUT2D eigenvalue weighted by atomic mass is 9.96. The summed E-state index contributed by atoms with van der Waals surface area (Å²) in [6, 6.07) is 11.7. The third kappa shape index (κ3) is 5.16. The Hall–Kier alpha value is -4.98. The van der Waals surface area contributed by atoms with E-state index in [1.54, 1.807) is 38.4 Å². The van der Waals surface area contributed by atoms with E-state index in [-0.39, 0.29) is 23.3 Å². The van der Waals surface area contributed by atoms with Crippen molar-refractivity contribution in [2.75, 3.05) is 0 Å². The molecule has 5 rings (SSSR count). The third-order valence-electron chi connectivity index (χ3n) is 6.65. The van der Waals surface area contributed by atoms with Gasteiger partial charge in [-0.3, -0.25) is 19.6 Å². The zero-order chi connectivity index (χ0) is 28.6. The van der Waals surface area contributed by atoms with Gasteiger partial charge in [-0.1, -0.05) is 18.7 Å². The standard InChI is InChI=1S/C32H25F2N3O3/c1-17(2)21-14-26-31(37-15-21)29(9-10-35-26)40-28-8-5-20(12-25(28)34)13-27(38)30-19(4)36-16-24(32(30)39)23-7-6-22(33)11-18(23)3/h5-12,14-16H,1,13H2,2-4H3,(H,36,39). The summed E-state index contributed by atoms with van der Waals surface area (Å²) in [4.78, 5) is 38.2. The van der Waals surface area contributed by atoms with E-state index in [1.807, 2.05) is 13.0 Å². The fraction of sp³-hybridized carbons (Fsp3) is 0.125. The molecule has 200 valence electrons. The minimum absolute atomic E-state index is 0.0228. The van der Waals surface area contributed by atoms with Gasteiger partial charge >= 0.3 is 0 Å². The van der Waals surface area contributed by atoms with E-state index in [0.29, 0.717) is 39.2 Å². The number of fused-ring (bicyclic) bond motifs is 1. The number of pyridine rings is 3. The van der Waals surface area contributed by atoms with Crippen molar-refractivity contribution in [3.05, 3.63) is 124 Å². The molecule has 0 saturated carbocycles. The van der Waals surface area contributed by atoms with Crippen molar-refractivity contribution < 1.29 is 18.3 Å². The quantitative estimate of drug-likeness (QED) is 0.223. The molecule has 0 amide bonds. The fourth-order valence-electron chi connectivity index (χ4n) is 4.54. The summed E-state index contributed by atoms with van der Waals surface area (Å²) in [7, 11) is 0. The van der Waals surface area contributed by atoms with Gasteiger partial charge in [0.15, 0.2) is 28.5 Å². The van der Waals surface area contributed by atoms with Crippen molar-refractivity contribution in [3.63, 3.8) is 0 Å². The smallest absolute Gasteiger partial charge is 0.200 e. The second kappa shape index (κ2) is 10.6. The Kier molecular flexibility index (Phi) is 7.09. The number of nitrogens with zero attached hydrogens (tertiary/aromatic N) is 2. The average Bonchev–Trinajstić information content (AvgIpc) is 2.90. The highest BCUT2D eigenvalue weighted by atomic mass is 19.1. The number of hydrogen-bond donors (Lipinski definition) is 1. The number of ketones is 1. The number of Topliss-reactive ketones (excluding diaryl/α,β-unsaturated/α-hetero) is 1. The van der Waals surface area contributed by atoms with Crippen LogP contribution in [0.3, 0.4) is 0 Å². The molecule has 8 heteroatoms. The van der Waals surface area contributed by atoms with Crippen LogP contribution >= 0.6 is 0 Å². The molecular weight excluding hydrogens is 512 g/mol. The topological polar surface area (TPSA) is 84.9 Å². The normalized spacial score (nSPS) is 11.0. The zero-order valence-electron chi connectivity index (χ0n) is 22.1. The number of nitrogens with one attached hydrogen (secondary N) is 1. The molecule has 0 aliphatic rings. The number of ether oxygens (including phenoxy) is 1. The molecule has 6 nitrogen and oxygen atoms in total. The molecule has 5 aromatic rings. The van der Waals surface area contributed by atoms with E-state index in [9.17, 15) is 14.0 Å². The van der Waals surface area contributed by atoms with Crippen LogP contribution in [0, 0.1) is 25.5 Å². The van der Waals surface area contributed by atoms with Crippen LogP contribution in [0.4, 0.5) is 8.78 Å². The van der Waals surface area contributed by atoms with Crippen LogP contribution in [0.2, 0.25) is 0 Å². The molecule has 1 N–H and O–H groups in total. The second-order valence-electron chi connectivity index (χ2n) is 9.64. The van der Waals surface area contributed by atoms with Crippen LogP contribution in [-0.2, 0) is 6.42 Å². The lowest BCUT2D eigenvalue weighted by Gasteiger charge is -2.12. The number of halogens is 2. The van der Waals surface area contributed by atoms with Gasteiger partial charge in [0.05, 0.1) is 11.1 Å². The highest BCUT2D eigenvalue weighted by Crippen LogP contribution is 2.31. The summed E-state index contributed by atoms with van der Waals surface area (Å²) < 4.78 is 34.5. The summed E-state index contributed by atoms with van der Waals surface area (Å²) in [5.74, 6) is -1.27. The van der Waals surface area contributed by atoms with E-state index in [2.05, 4.69) is 21.5 Å². The molecule has 0 atom stereocenters. The minimum atomic E-state index is -0.671. The maximum atomic E-state index is 15.1. The van der Waals surface area contributed by atoms with Gasteiger partial charge < -0.3 is 9.72 Å². The van der Waals surface area contributed by atoms with Crippen LogP contribution in [0.5, 0.6) is 11.5 Å². The van der Waals surface area contributed by atoms with E-state index in [4.69, 9.17) is 4.74 Å². The van der Waals surface area contributed by atoms with E-state index in [0.717, 1.165) is 11.1 Å². The molecular formula is C32H25F2N3O3. The maximum Gasteiger partial charge on any atom is 0.200 e. The molecule has 0 saturated heterocycles. The van der Waals surface area contributed by atoms with Gasteiger partial charge in [0.2, 0.25) is 0 Å². The summed E-state index contributed by atoms with van der Waals surface area (Å²) in [6.07, 6.45) is 4.52. The van der Waals surface area contributed by atoms with Gasteiger partial charge in [-0.15, -0.1) is 0 Å². The molecule has 2 aromatic carbocycles. The van der Waals surface area contributed by atoms with Crippen LogP contribution in [0.1, 0.15) is 39.7 Å². The first kappa shape index (κ1) is 26.6. The van der Waals surface area contributed by atoms with Crippen molar-refractivity contribution in [1.29, 1.82) is 0 Å². The molecule has 40 heavy (non-hydrogen) atoms. The number of H-pyrrole nitrogens is 1. The molecule has 0 bridgehead atoms. The lowest BCUT2D eigenvalue weighted by molar-refractivity contribution is 0.0991. The number of carbonyl (C=O) groups is 1. The van der Waals surface area contributed by atoms with Gasteiger partial charge in [-0.2, -0.15) is 0 Å². The molecule has 0 aliphatic carbocycles. The number of carbonyl (C=O) groups excluding carboxylic acids is 1. The fourth-order valence-corrected chi connectivity index (χ4v) is 4.54. The zero-order valence-corrected chi connectivity index (χ0v) is 22.1. The van der Waals surface area contributed by atoms with Crippen molar-refractivity contribution in [2.45, 2.75) is 27.2 Å². The first-order valence-corrected chi connectivity index (χ1v) is 12.5. The number of aromatic nitrogens is 3. The van der Waals surface area contributed by atoms with Gasteiger partial charge in [0, 0.05) is 42.3 Å². The number of benzene rings is 2. The third-order valence-corrected chi connectivity index (χ3v) is 6.65. The number of rotatable bonds is 7. The Bertz CT molecular complexity index is 1880. The molecule has 0 spiro atoms. The number of aromatic amines is 1. The minimum Gasteiger partial charge on any atom is -0.452 e. The number of aryl methyl sites for hydroxylation is 2. The predicted molar refractivity (Wildman–Crippen MR) is 151 cm³/mol. The molecule has 3 aromatic heterocycles. The Labute approximate surface area is 229 Å². The highest BCUT2D eigenvalue weighted by molar-refractivity contribution is 5.99. The summed E-state index contributed by atoms with van der Waals surface area (Å²) in [5.41, 5.74) is 4.36. The monoisotopic (exact) mass is 537 g/mol. The van der Waals surface area contributed by atoms with E-state index in [1.165, 1.54) is 36.5 Å². The molecule has 0 radical (unpaired) electrons.